The van der Waals surface area contributed by atoms with Crippen LogP contribution in [0.5, 0.6) is 0 Å². The molecule has 0 aromatic heterocycles. The molecule has 0 aliphatic heterocycles. The van der Waals surface area contributed by atoms with Gasteiger partial charge in [-0.2, -0.15) is 0 Å². The zero-order valence-corrected chi connectivity index (χ0v) is 12.0. The van der Waals surface area contributed by atoms with Crippen LogP contribution in [0.3, 0.4) is 0 Å². The predicted octanol–water partition coefficient (Wildman–Crippen LogP) is 4.08. The van der Waals surface area contributed by atoms with Crippen molar-refractivity contribution in [2.45, 2.75) is 54.1 Å². The average molecular weight is 310 g/mol. The van der Waals surface area contributed by atoms with Gasteiger partial charge in [-0.1, -0.05) is 19.8 Å². The molecule has 0 rings (SSSR count). The van der Waals surface area contributed by atoms with Crippen molar-refractivity contribution in [1.29, 1.82) is 0 Å². The highest BCUT2D eigenvalue weighted by molar-refractivity contribution is 6.38. The first kappa shape index (κ1) is 16.6. The monoisotopic (exact) mass is 308 g/mol. The van der Waals surface area contributed by atoms with Crippen molar-refractivity contribution >= 4 is 52.4 Å². The van der Waals surface area contributed by atoms with Crippen LogP contribution in [0.2, 0.25) is 0 Å². The number of carboxylic acids is 1. The van der Waals surface area contributed by atoms with Crippen LogP contribution in [-0.2, 0) is 4.79 Å². The molecule has 0 aliphatic carbocycles. The Balaban J connectivity index is 4.13. The van der Waals surface area contributed by atoms with Crippen molar-refractivity contribution in [2.24, 2.45) is 0 Å². The quantitative estimate of drug-likeness (QED) is 0.686. The van der Waals surface area contributed by atoms with Crippen molar-refractivity contribution < 1.29 is 9.90 Å². The fourth-order valence-electron chi connectivity index (χ4n) is 1.24. The Bertz CT molecular complexity index is 213. The Hall–Kier alpha value is 0.630. The van der Waals surface area contributed by atoms with Crippen LogP contribution in [0.1, 0.15) is 32.6 Å². The van der Waals surface area contributed by atoms with Crippen LogP contribution < -0.4 is 0 Å². The van der Waals surface area contributed by atoms with Gasteiger partial charge in [-0.15, -0.1) is 46.4 Å². The van der Waals surface area contributed by atoms with Gasteiger partial charge in [-0.05, 0) is 6.42 Å². The molecule has 0 fully saturated rings. The van der Waals surface area contributed by atoms with Gasteiger partial charge in [0.1, 0.15) is 0 Å². The van der Waals surface area contributed by atoms with E-state index in [4.69, 9.17) is 51.5 Å². The van der Waals surface area contributed by atoms with E-state index in [1.54, 1.807) is 0 Å². The molecule has 0 spiro atoms. The van der Waals surface area contributed by atoms with E-state index in [1.165, 1.54) is 0 Å². The highest BCUT2D eigenvalue weighted by atomic mass is 35.5. The summed E-state index contributed by atoms with van der Waals surface area (Å²) < 4.78 is 0. The molecule has 1 N–H and O–H groups in total. The van der Waals surface area contributed by atoms with Crippen molar-refractivity contribution in [2.75, 3.05) is 0 Å². The predicted molar refractivity (Wildman–Crippen MR) is 70.3 cm³/mol. The van der Waals surface area contributed by atoms with Crippen molar-refractivity contribution in [3.8, 4) is 0 Å². The largest absolute Gasteiger partial charge is 0.481 e. The van der Waals surface area contributed by atoms with Crippen LogP contribution >= 0.6 is 46.4 Å². The van der Waals surface area contributed by atoms with Gasteiger partial charge in [-0.25, -0.2) is 0 Å². The lowest BCUT2D eigenvalue weighted by Gasteiger charge is -2.23. The first-order chi connectivity index (χ1) is 7.40. The number of unbranched alkanes of at least 4 members (excludes halogenated alkanes) is 1. The Kier molecular flexibility index (Phi) is 9.02. The first-order valence-electron chi connectivity index (χ1n) is 5.18. The maximum atomic E-state index is 10.5. The lowest BCUT2D eigenvalue weighted by molar-refractivity contribution is -0.137. The lowest BCUT2D eigenvalue weighted by Crippen LogP contribution is -2.33. The molecule has 0 saturated heterocycles. The fourth-order valence-corrected chi connectivity index (χ4v) is 2.55. The molecule has 0 radical (unpaired) electrons. The molecule has 0 bridgehead atoms. The topological polar surface area (TPSA) is 37.3 Å². The smallest absolute Gasteiger partial charge is 0.304 e. The third kappa shape index (κ3) is 6.39. The molecular weight excluding hydrogens is 294 g/mol. The summed E-state index contributed by atoms with van der Waals surface area (Å²) in [6.07, 6.45) is 2.54. The second-order valence-electron chi connectivity index (χ2n) is 3.66. The summed E-state index contributed by atoms with van der Waals surface area (Å²) in [6.45, 7) is 2.06. The van der Waals surface area contributed by atoms with E-state index in [9.17, 15) is 4.79 Å². The summed E-state index contributed by atoms with van der Waals surface area (Å²) in [5, 5.41) is 6.44. The van der Waals surface area contributed by atoms with Gasteiger partial charge < -0.3 is 5.11 Å². The van der Waals surface area contributed by atoms with E-state index in [1.807, 2.05) is 0 Å². The number of aliphatic carboxylic acids is 1. The van der Waals surface area contributed by atoms with Gasteiger partial charge in [0.15, 0.2) is 0 Å². The van der Waals surface area contributed by atoms with Crippen LogP contribution in [0.15, 0.2) is 0 Å². The Labute approximate surface area is 116 Å². The number of halogens is 4. The highest BCUT2D eigenvalue weighted by Crippen LogP contribution is 2.28. The van der Waals surface area contributed by atoms with Gasteiger partial charge in [-0.3, -0.25) is 4.79 Å². The molecule has 0 aromatic carbocycles. The standard InChI is InChI=1S/C10H16Cl4O2/c1-2-3-4-6(11)9(13)10(14)7(12)5-8(15)16/h6-7,9-10H,2-5H2,1H3,(H,15,16). The number of carbonyl (C=O) groups is 1. The maximum Gasteiger partial charge on any atom is 0.304 e. The van der Waals surface area contributed by atoms with Gasteiger partial charge in [0, 0.05) is 0 Å². The van der Waals surface area contributed by atoms with E-state index >= 15 is 0 Å². The average Bonchev–Trinajstić information content (AvgIpc) is 2.22. The van der Waals surface area contributed by atoms with Crippen molar-refractivity contribution in [3.05, 3.63) is 0 Å². The number of rotatable bonds is 8. The first-order valence-corrected chi connectivity index (χ1v) is 6.92. The third-order valence-electron chi connectivity index (χ3n) is 2.20. The van der Waals surface area contributed by atoms with Crippen LogP contribution in [0.25, 0.3) is 0 Å². The molecule has 16 heavy (non-hydrogen) atoms. The van der Waals surface area contributed by atoms with Gasteiger partial charge >= 0.3 is 5.97 Å². The van der Waals surface area contributed by atoms with E-state index < -0.39 is 22.1 Å². The van der Waals surface area contributed by atoms with Crippen molar-refractivity contribution in [3.63, 3.8) is 0 Å². The summed E-state index contributed by atoms with van der Waals surface area (Å²) in [6, 6.07) is 0. The molecule has 4 unspecified atom stereocenters. The Morgan fingerprint density at radius 3 is 2.06 bits per heavy atom. The lowest BCUT2D eigenvalue weighted by atomic mass is 10.1. The van der Waals surface area contributed by atoms with E-state index in [0.29, 0.717) is 0 Å². The van der Waals surface area contributed by atoms with Crippen molar-refractivity contribution in [1.82, 2.24) is 0 Å². The minimum absolute atomic E-state index is 0.212. The Morgan fingerprint density at radius 2 is 1.62 bits per heavy atom. The zero-order chi connectivity index (χ0) is 12.7. The van der Waals surface area contributed by atoms with Crippen LogP contribution in [-0.4, -0.2) is 32.6 Å². The summed E-state index contributed by atoms with van der Waals surface area (Å²) in [4.78, 5) is 10.5. The van der Waals surface area contributed by atoms with Crippen LogP contribution in [0, 0.1) is 0 Å². The minimum Gasteiger partial charge on any atom is -0.481 e. The summed E-state index contributed by atoms with van der Waals surface area (Å²) in [5.41, 5.74) is 0. The van der Waals surface area contributed by atoms with Gasteiger partial charge in [0.25, 0.3) is 0 Å². The molecule has 96 valence electrons. The number of hydrogen-bond donors (Lipinski definition) is 1. The third-order valence-corrected chi connectivity index (χ3v) is 4.65. The SMILES string of the molecule is CCCCC(Cl)C(Cl)C(Cl)C(Cl)CC(=O)O. The molecule has 0 saturated carbocycles. The second kappa shape index (κ2) is 8.68. The fraction of sp³-hybridized carbons (Fsp3) is 0.900. The molecule has 0 amide bonds. The van der Waals surface area contributed by atoms with Crippen LogP contribution in [0.4, 0.5) is 0 Å². The zero-order valence-electron chi connectivity index (χ0n) is 9.01. The summed E-state index contributed by atoms with van der Waals surface area (Å²) >= 11 is 23.9. The molecular formula is C10H16Cl4O2. The summed E-state index contributed by atoms with van der Waals surface area (Å²) in [7, 11) is 0. The molecule has 0 aromatic rings. The number of alkyl halides is 4. The normalized spacial score (nSPS) is 18.8. The molecule has 6 heteroatoms. The molecule has 4 atom stereocenters. The molecule has 0 aliphatic rings. The van der Waals surface area contributed by atoms with E-state index in [0.717, 1.165) is 19.3 Å². The number of hydrogen-bond acceptors (Lipinski definition) is 1. The van der Waals surface area contributed by atoms with E-state index in [-0.39, 0.29) is 11.8 Å². The molecule has 0 heterocycles. The minimum atomic E-state index is -0.991. The summed E-state index contributed by atoms with van der Waals surface area (Å²) in [5.74, 6) is -0.991. The van der Waals surface area contributed by atoms with E-state index in [2.05, 4.69) is 6.92 Å². The van der Waals surface area contributed by atoms with Gasteiger partial charge in [0.05, 0.1) is 27.9 Å². The Morgan fingerprint density at radius 1 is 1.12 bits per heavy atom. The highest BCUT2D eigenvalue weighted by Gasteiger charge is 2.31. The second-order valence-corrected chi connectivity index (χ2v) is 5.79. The van der Waals surface area contributed by atoms with Gasteiger partial charge in [0.2, 0.25) is 0 Å². The maximum absolute atomic E-state index is 10.5. The number of carboxylic acid groups (broad SMARTS) is 1. The molecule has 2 nitrogen and oxygen atoms in total.